The van der Waals surface area contributed by atoms with Crippen LogP contribution in [0.5, 0.6) is 17.2 Å². The van der Waals surface area contributed by atoms with Crippen LogP contribution in [-0.4, -0.2) is 43.4 Å². The van der Waals surface area contributed by atoms with Gasteiger partial charge in [-0.1, -0.05) is 62.4 Å². The molecule has 5 heteroatoms. The number of hydrogen-bond donors (Lipinski definition) is 1. The number of aromatic hydroxyl groups is 1. The molecule has 0 heterocycles. The van der Waals surface area contributed by atoms with E-state index < -0.39 is 0 Å². The molecule has 0 aromatic heterocycles. The number of phenols is 1. The molecule has 3 aromatic carbocycles. The SMILES string of the molecule is CCN(CC)CCOc1ccc([C@H](c2ccccc2)[C@@H](Cl)c2ccc(O)c(OC)c2)cc1. The minimum atomic E-state index is -0.346. The average molecular weight is 454 g/mol. The Kier molecular flexibility index (Phi) is 8.83. The zero-order valence-corrected chi connectivity index (χ0v) is 19.8. The first kappa shape index (κ1) is 24.0. The Hall–Kier alpha value is -2.69. The Morgan fingerprint density at radius 1 is 0.875 bits per heavy atom. The molecule has 32 heavy (non-hydrogen) atoms. The summed E-state index contributed by atoms with van der Waals surface area (Å²) in [6, 6.07) is 23.7. The lowest BCUT2D eigenvalue weighted by Gasteiger charge is -2.25. The van der Waals surface area contributed by atoms with Crippen molar-refractivity contribution < 1.29 is 14.6 Å². The average Bonchev–Trinajstić information content (AvgIpc) is 2.84. The molecule has 2 atom stereocenters. The number of halogens is 1. The van der Waals surface area contributed by atoms with Crippen LogP contribution in [0.25, 0.3) is 0 Å². The molecule has 0 aliphatic rings. The van der Waals surface area contributed by atoms with Gasteiger partial charge in [-0.25, -0.2) is 0 Å². The van der Waals surface area contributed by atoms with Gasteiger partial charge in [0.25, 0.3) is 0 Å². The van der Waals surface area contributed by atoms with Crippen molar-refractivity contribution in [3.8, 4) is 17.2 Å². The molecular weight excluding hydrogens is 422 g/mol. The molecule has 0 bridgehead atoms. The Balaban J connectivity index is 1.84. The van der Waals surface area contributed by atoms with E-state index in [1.807, 2.05) is 36.4 Å². The van der Waals surface area contributed by atoms with E-state index in [1.54, 1.807) is 12.1 Å². The first-order chi connectivity index (χ1) is 15.6. The van der Waals surface area contributed by atoms with Crippen LogP contribution in [0.1, 0.15) is 41.8 Å². The van der Waals surface area contributed by atoms with E-state index >= 15 is 0 Å². The van der Waals surface area contributed by atoms with E-state index in [0.29, 0.717) is 12.4 Å². The third kappa shape index (κ3) is 5.96. The van der Waals surface area contributed by atoms with Crippen LogP contribution >= 0.6 is 11.6 Å². The number of benzene rings is 3. The molecule has 0 saturated heterocycles. The number of phenolic OH excluding ortho intramolecular Hbond substituents is 1. The second kappa shape index (κ2) is 11.8. The summed E-state index contributed by atoms with van der Waals surface area (Å²) in [5, 5.41) is 9.63. The van der Waals surface area contributed by atoms with Crippen molar-refractivity contribution in [2.45, 2.75) is 25.1 Å². The van der Waals surface area contributed by atoms with E-state index in [2.05, 4.69) is 43.0 Å². The highest BCUT2D eigenvalue weighted by atomic mass is 35.5. The van der Waals surface area contributed by atoms with Gasteiger partial charge in [0.05, 0.1) is 12.5 Å². The highest BCUT2D eigenvalue weighted by Gasteiger charge is 2.25. The van der Waals surface area contributed by atoms with Crippen molar-refractivity contribution in [2.24, 2.45) is 0 Å². The molecule has 3 rings (SSSR count). The first-order valence-electron chi connectivity index (χ1n) is 11.1. The quantitative estimate of drug-likeness (QED) is 0.349. The monoisotopic (exact) mass is 453 g/mol. The number of hydrogen-bond acceptors (Lipinski definition) is 4. The summed E-state index contributed by atoms with van der Waals surface area (Å²) in [6.07, 6.45) is 0. The van der Waals surface area contributed by atoms with E-state index in [4.69, 9.17) is 21.1 Å². The summed E-state index contributed by atoms with van der Waals surface area (Å²) in [6.45, 7) is 7.94. The van der Waals surface area contributed by atoms with Crippen LogP contribution in [0, 0.1) is 0 Å². The molecule has 0 aliphatic carbocycles. The normalized spacial score (nSPS) is 13.0. The number of ether oxygens (including phenoxy) is 2. The minimum absolute atomic E-state index is 0.0724. The van der Waals surface area contributed by atoms with Crippen molar-refractivity contribution in [3.05, 3.63) is 89.5 Å². The van der Waals surface area contributed by atoms with Crippen molar-refractivity contribution in [3.63, 3.8) is 0 Å². The first-order valence-corrected chi connectivity index (χ1v) is 11.5. The molecular formula is C27H32ClNO3. The zero-order valence-electron chi connectivity index (χ0n) is 19.0. The molecule has 0 amide bonds. The van der Waals surface area contributed by atoms with Crippen LogP contribution in [0.2, 0.25) is 0 Å². The topological polar surface area (TPSA) is 41.9 Å². The van der Waals surface area contributed by atoms with E-state index in [0.717, 1.165) is 42.1 Å². The molecule has 0 radical (unpaired) electrons. The fourth-order valence-corrected chi connectivity index (χ4v) is 4.28. The summed E-state index contributed by atoms with van der Waals surface area (Å²) in [5.41, 5.74) is 3.10. The van der Waals surface area contributed by atoms with Gasteiger partial charge in [0.1, 0.15) is 12.4 Å². The van der Waals surface area contributed by atoms with Crippen molar-refractivity contribution >= 4 is 11.6 Å². The summed E-state index contributed by atoms with van der Waals surface area (Å²) < 4.78 is 11.2. The fraction of sp³-hybridized carbons (Fsp3) is 0.333. The predicted octanol–water partition coefficient (Wildman–Crippen LogP) is 6.23. The van der Waals surface area contributed by atoms with Crippen LogP contribution in [-0.2, 0) is 0 Å². The minimum Gasteiger partial charge on any atom is -0.504 e. The summed E-state index contributed by atoms with van der Waals surface area (Å²) in [5.74, 6) is 1.29. The van der Waals surface area contributed by atoms with Gasteiger partial charge in [-0.05, 0) is 54.0 Å². The van der Waals surface area contributed by atoms with Gasteiger partial charge in [0.15, 0.2) is 11.5 Å². The molecule has 0 unspecified atom stereocenters. The number of likely N-dealkylation sites (N-methyl/N-ethyl adjacent to an activating group) is 1. The summed E-state index contributed by atoms with van der Waals surface area (Å²) in [4.78, 5) is 2.34. The van der Waals surface area contributed by atoms with Crippen LogP contribution < -0.4 is 9.47 Å². The molecule has 0 spiro atoms. The maximum atomic E-state index is 9.97. The molecule has 0 fully saturated rings. The number of rotatable bonds is 11. The molecule has 170 valence electrons. The van der Waals surface area contributed by atoms with E-state index in [1.165, 1.54) is 7.11 Å². The Labute approximate surface area is 196 Å². The second-order valence-electron chi connectivity index (χ2n) is 7.67. The van der Waals surface area contributed by atoms with E-state index in [-0.39, 0.29) is 17.0 Å². The lowest BCUT2D eigenvalue weighted by molar-refractivity contribution is 0.223. The van der Waals surface area contributed by atoms with Gasteiger partial charge in [0, 0.05) is 12.5 Å². The fourth-order valence-electron chi connectivity index (χ4n) is 3.85. The van der Waals surface area contributed by atoms with Crippen molar-refractivity contribution in [2.75, 3.05) is 33.4 Å². The zero-order chi connectivity index (χ0) is 22.9. The van der Waals surface area contributed by atoms with Crippen molar-refractivity contribution in [1.82, 2.24) is 4.90 Å². The van der Waals surface area contributed by atoms with Gasteiger partial charge in [0.2, 0.25) is 0 Å². The van der Waals surface area contributed by atoms with Crippen LogP contribution in [0.3, 0.4) is 0 Å². The van der Waals surface area contributed by atoms with Gasteiger partial charge in [-0.3, -0.25) is 0 Å². The Bertz CT molecular complexity index is 958. The van der Waals surface area contributed by atoms with Gasteiger partial charge in [-0.15, -0.1) is 11.6 Å². The van der Waals surface area contributed by atoms with Crippen molar-refractivity contribution in [1.29, 1.82) is 0 Å². The van der Waals surface area contributed by atoms with E-state index in [9.17, 15) is 5.11 Å². The maximum Gasteiger partial charge on any atom is 0.160 e. The largest absolute Gasteiger partial charge is 0.504 e. The Morgan fingerprint density at radius 3 is 2.12 bits per heavy atom. The number of methoxy groups -OCH3 is 1. The smallest absolute Gasteiger partial charge is 0.160 e. The third-order valence-corrected chi connectivity index (χ3v) is 6.29. The summed E-state index contributed by atoms with van der Waals surface area (Å²) in [7, 11) is 1.54. The van der Waals surface area contributed by atoms with Crippen LogP contribution in [0.4, 0.5) is 0 Å². The third-order valence-electron chi connectivity index (χ3n) is 5.78. The second-order valence-corrected chi connectivity index (χ2v) is 8.14. The standard InChI is InChI=1S/C27H32ClNO3/c1-4-29(5-2)17-18-32-23-14-11-21(12-15-23)26(20-9-7-6-8-10-20)27(28)22-13-16-24(30)25(19-22)31-3/h6-16,19,26-27,30H,4-5,17-18H2,1-3H3/t26-,27-/m0/s1. The van der Waals surface area contributed by atoms with Gasteiger partial charge in [-0.2, -0.15) is 0 Å². The van der Waals surface area contributed by atoms with Gasteiger partial charge >= 0.3 is 0 Å². The lowest BCUT2D eigenvalue weighted by atomic mass is 9.85. The number of alkyl halides is 1. The molecule has 1 N–H and O–H groups in total. The molecule has 3 aromatic rings. The summed E-state index contributed by atoms with van der Waals surface area (Å²) >= 11 is 7.04. The number of nitrogens with zero attached hydrogens (tertiary/aromatic N) is 1. The van der Waals surface area contributed by atoms with Gasteiger partial charge < -0.3 is 19.5 Å². The maximum absolute atomic E-state index is 9.97. The highest BCUT2D eigenvalue weighted by Crippen LogP contribution is 2.43. The molecule has 0 saturated carbocycles. The molecule has 0 aliphatic heterocycles. The highest BCUT2D eigenvalue weighted by molar-refractivity contribution is 6.21. The van der Waals surface area contributed by atoms with Crippen LogP contribution in [0.15, 0.2) is 72.8 Å². The molecule has 4 nitrogen and oxygen atoms in total. The Morgan fingerprint density at radius 2 is 1.50 bits per heavy atom. The predicted molar refractivity (Wildman–Crippen MR) is 131 cm³/mol. The lowest BCUT2D eigenvalue weighted by Crippen LogP contribution is -2.27.